The first kappa shape index (κ1) is 17.1. The van der Waals surface area contributed by atoms with Crippen molar-refractivity contribution in [3.8, 4) is 0 Å². The predicted molar refractivity (Wildman–Crippen MR) is 76.1 cm³/mol. The van der Waals surface area contributed by atoms with Crippen LogP contribution in [0.3, 0.4) is 0 Å². The lowest BCUT2D eigenvalue weighted by Crippen LogP contribution is -2.40. The minimum atomic E-state index is -4.07. The summed E-state index contributed by atoms with van der Waals surface area (Å²) in [4.78, 5) is 11.1. The number of nitrogens with one attached hydrogen (secondary N) is 1. The number of sulfonamides is 1. The number of rotatable bonds is 4. The van der Waals surface area contributed by atoms with E-state index in [1.165, 1.54) is 0 Å². The van der Waals surface area contributed by atoms with Gasteiger partial charge in [-0.1, -0.05) is 18.5 Å². The Kier molecular flexibility index (Phi) is 4.94. The second-order valence-corrected chi connectivity index (χ2v) is 7.45. The van der Waals surface area contributed by atoms with Crippen LogP contribution in [-0.4, -0.2) is 19.7 Å². The number of carbonyl (C=O) groups is 1. The van der Waals surface area contributed by atoms with Crippen molar-refractivity contribution >= 4 is 27.4 Å². The van der Waals surface area contributed by atoms with E-state index >= 15 is 0 Å². The summed E-state index contributed by atoms with van der Waals surface area (Å²) in [5.41, 5.74) is -0.760. The molecule has 4 nitrogen and oxygen atoms in total. The Morgan fingerprint density at radius 2 is 1.90 bits per heavy atom. The lowest BCUT2D eigenvalue weighted by molar-refractivity contribution is 0.0988. The molecule has 1 N–H and O–H groups in total. The summed E-state index contributed by atoms with van der Waals surface area (Å²) in [6.45, 7) is 6.52. The Labute approximate surface area is 123 Å². The number of halogens is 2. The van der Waals surface area contributed by atoms with Gasteiger partial charge in [-0.2, -0.15) is 0 Å². The molecule has 0 bridgehead atoms. The second-order valence-electron chi connectivity index (χ2n) is 5.39. The van der Waals surface area contributed by atoms with E-state index in [0.717, 1.165) is 12.1 Å². The van der Waals surface area contributed by atoms with Gasteiger partial charge in [0.1, 0.15) is 10.7 Å². The Morgan fingerprint density at radius 1 is 1.35 bits per heavy atom. The first-order valence-corrected chi connectivity index (χ1v) is 7.90. The Balaban J connectivity index is 3.43. The normalized spacial score (nSPS) is 12.5. The monoisotopic (exact) mass is 321 g/mol. The highest BCUT2D eigenvalue weighted by Gasteiger charge is 2.27. The van der Waals surface area contributed by atoms with Crippen LogP contribution in [0.25, 0.3) is 0 Å². The van der Waals surface area contributed by atoms with Crippen molar-refractivity contribution in [2.75, 3.05) is 0 Å². The molecule has 112 valence electrons. The maximum Gasteiger partial charge on any atom is 0.243 e. The van der Waals surface area contributed by atoms with Crippen LogP contribution in [0.2, 0.25) is 5.02 Å². The van der Waals surface area contributed by atoms with Crippen molar-refractivity contribution in [3.05, 3.63) is 28.5 Å². The molecule has 1 rings (SSSR count). The van der Waals surface area contributed by atoms with E-state index in [4.69, 9.17) is 11.6 Å². The molecule has 1 aromatic rings. The van der Waals surface area contributed by atoms with E-state index in [1.54, 1.807) is 27.7 Å². The Bertz CT molecular complexity index is 636. The molecule has 0 fully saturated rings. The van der Waals surface area contributed by atoms with Gasteiger partial charge in [-0.15, -0.1) is 0 Å². The van der Waals surface area contributed by atoms with Gasteiger partial charge in [0.15, 0.2) is 5.78 Å². The van der Waals surface area contributed by atoms with Crippen molar-refractivity contribution in [2.45, 2.75) is 44.6 Å². The minimum absolute atomic E-state index is 0.00449. The molecule has 0 amide bonds. The first-order valence-electron chi connectivity index (χ1n) is 6.04. The second kappa shape index (κ2) is 5.79. The van der Waals surface area contributed by atoms with Crippen LogP contribution in [-0.2, 0) is 10.0 Å². The minimum Gasteiger partial charge on any atom is -0.294 e. The van der Waals surface area contributed by atoms with Crippen molar-refractivity contribution < 1.29 is 17.6 Å². The highest BCUT2D eigenvalue weighted by Crippen LogP contribution is 2.25. The highest BCUT2D eigenvalue weighted by molar-refractivity contribution is 7.89. The molecule has 1 aromatic carbocycles. The molecule has 0 aliphatic rings. The lowest BCUT2D eigenvalue weighted by Gasteiger charge is -2.21. The molecule has 0 aliphatic heterocycles. The van der Waals surface area contributed by atoms with E-state index in [1.807, 2.05) is 0 Å². The Morgan fingerprint density at radius 3 is 2.35 bits per heavy atom. The quantitative estimate of drug-likeness (QED) is 0.866. The summed E-state index contributed by atoms with van der Waals surface area (Å²) >= 11 is 5.78. The number of carbonyl (C=O) groups excluding carboxylic acids is 1. The summed E-state index contributed by atoms with van der Waals surface area (Å²) in [5.74, 6) is -1.33. The molecule has 0 heterocycles. The van der Waals surface area contributed by atoms with Crippen LogP contribution in [0.4, 0.5) is 4.39 Å². The van der Waals surface area contributed by atoms with Gasteiger partial charge in [0.25, 0.3) is 0 Å². The lowest BCUT2D eigenvalue weighted by atomic mass is 10.1. The summed E-state index contributed by atoms with van der Waals surface area (Å²) in [6.07, 6.45) is 0.150. The smallest absolute Gasteiger partial charge is 0.243 e. The fraction of sp³-hybridized carbons (Fsp3) is 0.462. The maximum absolute atomic E-state index is 13.9. The van der Waals surface area contributed by atoms with Crippen LogP contribution in [0, 0.1) is 5.82 Å². The molecular weight excluding hydrogens is 305 g/mol. The van der Waals surface area contributed by atoms with E-state index in [9.17, 15) is 17.6 Å². The van der Waals surface area contributed by atoms with Crippen LogP contribution >= 0.6 is 11.6 Å². The average molecular weight is 322 g/mol. The predicted octanol–water partition coefficient (Wildman–Crippen LogP) is 3.15. The van der Waals surface area contributed by atoms with Crippen molar-refractivity contribution in [3.63, 3.8) is 0 Å². The van der Waals surface area contributed by atoms with Gasteiger partial charge in [0, 0.05) is 17.5 Å². The molecule has 7 heteroatoms. The number of hydrogen-bond donors (Lipinski definition) is 1. The van der Waals surface area contributed by atoms with Crippen LogP contribution in [0.15, 0.2) is 17.0 Å². The van der Waals surface area contributed by atoms with Gasteiger partial charge in [0.05, 0.1) is 5.02 Å². The van der Waals surface area contributed by atoms with Gasteiger partial charge in [-0.3, -0.25) is 4.79 Å². The summed E-state index contributed by atoms with van der Waals surface area (Å²) in [6, 6.07) is 1.83. The number of benzene rings is 1. The molecule has 0 atom stereocenters. The van der Waals surface area contributed by atoms with Crippen molar-refractivity contribution in [1.29, 1.82) is 0 Å². The highest BCUT2D eigenvalue weighted by atomic mass is 35.5. The maximum atomic E-state index is 13.9. The summed E-state index contributed by atoms with van der Waals surface area (Å²) in [5, 5.41) is -0.0935. The van der Waals surface area contributed by atoms with E-state index in [-0.39, 0.29) is 22.8 Å². The van der Waals surface area contributed by atoms with Gasteiger partial charge < -0.3 is 0 Å². The summed E-state index contributed by atoms with van der Waals surface area (Å²) < 4.78 is 40.5. The van der Waals surface area contributed by atoms with Crippen LogP contribution < -0.4 is 4.72 Å². The van der Waals surface area contributed by atoms with Crippen molar-refractivity contribution in [1.82, 2.24) is 4.72 Å². The van der Waals surface area contributed by atoms with E-state index in [0.29, 0.717) is 0 Å². The van der Waals surface area contributed by atoms with Gasteiger partial charge >= 0.3 is 0 Å². The van der Waals surface area contributed by atoms with Crippen LogP contribution in [0.5, 0.6) is 0 Å². The van der Waals surface area contributed by atoms with Gasteiger partial charge in [-0.05, 0) is 32.9 Å². The molecule has 0 aromatic heterocycles. The molecule has 0 spiro atoms. The standard InChI is InChI=1S/C13H17ClFNO3S/c1-5-11(17)8-6-12(10(15)7-9(8)14)20(18,19)16-13(2,3)4/h6-7,16H,5H2,1-4H3. The molecule has 20 heavy (non-hydrogen) atoms. The van der Waals surface area contributed by atoms with E-state index in [2.05, 4.69) is 4.72 Å². The third kappa shape index (κ3) is 4.01. The number of Topliss-reactive ketones (excluding diaryl/α,β-unsaturated/α-hetero) is 1. The largest absolute Gasteiger partial charge is 0.294 e. The van der Waals surface area contributed by atoms with Crippen molar-refractivity contribution in [2.24, 2.45) is 0 Å². The van der Waals surface area contributed by atoms with Gasteiger partial charge in [0.2, 0.25) is 10.0 Å². The van der Waals surface area contributed by atoms with Crippen LogP contribution in [0.1, 0.15) is 44.5 Å². The van der Waals surface area contributed by atoms with Gasteiger partial charge in [-0.25, -0.2) is 17.5 Å². The molecular formula is C13H17ClFNO3S. The molecule has 0 radical (unpaired) electrons. The molecule has 0 unspecified atom stereocenters. The SMILES string of the molecule is CCC(=O)c1cc(S(=O)(=O)NC(C)(C)C)c(F)cc1Cl. The summed E-state index contributed by atoms with van der Waals surface area (Å²) in [7, 11) is -4.07. The average Bonchev–Trinajstić information content (AvgIpc) is 2.24. The molecule has 0 aliphatic carbocycles. The fourth-order valence-corrected chi connectivity index (χ4v) is 3.36. The number of ketones is 1. The topological polar surface area (TPSA) is 63.2 Å². The fourth-order valence-electron chi connectivity index (χ4n) is 1.60. The molecule has 0 saturated carbocycles. The zero-order chi connectivity index (χ0) is 15.7. The third-order valence-corrected chi connectivity index (χ3v) is 4.46. The number of hydrogen-bond acceptors (Lipinski definition) is 3. The third-order valence-electron chi connectivity index (χ3n) is 2.37. The zero-order valence-corrected chi connectivity index (χ0v) is 13.3. The first-order chi connectivity index (χ1) is 8.98. The molecule has 0 saturated heterocycles. The zero-order valence-electron chi connectivity index (χ0n) is 11.8. The Hall–Kier alpha value is -0.980. The van der Waals surface area contributed by atoms with E-state index < -0.39 is 26.3 Å².